The van der Waals surface area contributed by atoms with Crippen molar-refractivity contribution in [2.75, 3.05) is 0 Å². The number of allylic oxidation sites excluding steroid dienone is 2. The number of halogens is 2. The minimum absolute atomic E-state index is 0.737. The highest BCUT2D eigenvalue weighted by Gasteiger charge is 2.22. The second kappa shape index (κ2) is 8.96. The summed E-state index contributed by atoms with van der Waals surface area (Å²) in [6, 6.07) is 4.29. The first-order chi connectivity index (χ1) is 12.2. The Balaban J connectivity index is 1.43. The second-order valence-electron chi connectivity index (χ2n) is 8.25. The predicted molar refractivity (Wildman–Crippen MR) is 101 cm³/mol. The van der Waals surface area contributed by atoms with E-state index in [1.165, 1.54) is 75.5 Å². The Kier molecular flexibility index (Phi) is 6.67. The lowest BCUT2D eigenvalue weighted by molar-refractivity contribution is 0.237. The zero-order valence-electron chi connectivity index (χ0n) is 15.6. The Bertz CT molecular complexity index is 582. The summed E-state index contributed by atoms with van der Waals surface area (Å²) in [5.41, 5.74) is 2.04. The van der Waals surface area contributed by atoms with Crippen LogP contribution in [0.5, 0.6) is 0 Å². The monoisotopic (exact) mass is 346 g/mol. The number of hydrogen-bond donors (Lipinski definition) is 0. The van der Waals surface area contributed by atoms with Crippen LogP contribution in [0.3, 0.4) is 0 Å². The fraction of sp³-hybridized carbons (Fsp3) is 0.652. The molecule has 0 spiro atoms. The highest BCUT2D eigenvalue weighted by atomic mass is 19.2. The molecule has 138 valence electrons. The Labute approximate surface area is 151 Å². The zero-order valence-corrected chi connectivity index (χ0v) is 15.6. The van der Waals surface area contributed by atoms with Gasteiger partial charge in [0.2, 0.25) is 0 Å². The van der Waals surface area contributed by atoms with E-state index in [1.54, 1.807) is 6.07 Å². The van der Waals surface area contributed by atoms with Crippen LogP contribution in [-0.4, -0.2) is 0 Å². The summed E-state index contributed by atoms with van der Waals surface area (Å²) in [6.45, 7) is 2.30. The van der Waals surface area contributed by atoms with Crippen molar-refractivity contribution in [3.05, 3.63) is 41.5 Å². The van der Waals surface area contributed by atoms with Crippen molar-refractivity contribution in [2.45, 2.75) is 77.6 Å². The Morgan fingerprint density at radius 1 is 0.840 bits per heavy atom. The van der Waals surface area contributed by atoms with Gasteiger partial charge in [-0.25, -0.2) is 8.78 Å². The molecule has 2 aliphatic carbocycles. The highest BCUT2D eigenvalue weighted by Crippen LogP contribution is 2.37. The lowest BCUT2D eigenvalue weighted by Crippen LogP contribution is -2.16. The van der Waals surface area contributed by atoms with Gasteiger partial charge >= 0.3 is 0 Å². The van der Waals surface area contributed by atoms with Gasteiger partial charge in [-0.1, -0.05) is 64.0 Å². The number of benzene rings is 1. The van der Waals surface area contributed by atoms with E-state index < -0.39 is 11.6 Å². The fourth-order valence-electron chi connectivity index (χ4n) is 4.80. The Morgan fingerprint density at radius 3 is 2.12 bits per heavy atom. The van der Waals surface area contributed by atoms with Crippen LogP contribution in [0.25, 0.3) is 5.57 Å². The Morgan fingerprint density at radius 2 is 1.52 bits per heavy atom. The fourth-order valence-corrected chi connectivity index (χ4v) is 4.80. The first kappa shape index (κ1) is 18.6. The lowest BCUT2D eigenvalue weighted by Gasteiger charge is -2.30. The van der Waals surface area contributed by atoms with Crippen LogP contribution in [-0.2, 0) is 0 Å². The molecule has 0 nitrogen and oxygen atoms in total. The van der Waals surface area contributed by atoms with Crippen LogP contribution >= 0.6 is 0 Å². The van der Waals surface area contributed by atoms with Gasteiger partial charge in [0.15, 0.2) is 11.6 Å². The molecule has 1 aromatic rings. The number of rotatable bonds is 6. The van der Waals surface area contributed by atoms with E-state index in [0.717, 1.165) is 36.2 Å². The molecule has 0 saturated heterocycles. The summed E-state index contributed by atoms with van der Waals surface area (Å²) in [6.07, 6.45) is 16.8. The van der Waals surface area contributed by atoms with Crippen LogP contribution in [0.15, 0.2) is 24.3 Å². The summed E-state index contributed by atoms with van der Waals surface area (Å²) in [5, 5.41) is 0. The molecule has 0 N–H and O–H groups in total. The van der Waals surface area contributed by atoms with Gasteiger partial charge in [-0.3, -0.25) is 0 Å². The van der Waals surface area contributed by atoms with E-state index in [2.05, 4.69) is 13.0 Å². The molecule has 25 heavy (non-hydrogen) atoms. The largest absolute Gasteiger partial charge is 0.204 e. The molecular formula is C23H32F2. The molecule has 1 aromatic carbocycles. The van der Waals surface area contributed by atoms with E-state index in [4.69, 9.17) is 0 Å². The molecule has 0 amide bonds. The molecule has 0 radical (unpaired) electrons. The predicted octanol–water partition coefficient (Wildman–Crippen LogP) is 7.54. The van der Waals surface area contributed by atoms with E-state index >= 15 is 0 Å². The van der Waals surface area contributed by atoms with Crippen LogP contribution in [0.2, 0.25) is 0 Å². The van der Waals surface area contributed by atoms with Gasteiger partial charge in [-0.05, 0) is 66.7 Å². The average molecular weight is 347 g/mol. The van der Waals surface area contributed by atoms with Gasteiger partial charge in [-0.2, -0.15) is 0 Å². The molecule has 3 rings (SSSR count). The molecule has 2 heteroatoms. The first-order valence-electron chi connectivity index (χ1n) is 10.3. The molecular weight excluding hydrogens is 314 g/mol. The SMILES string of the molecule is CCCC1CCC(CCC2CC=C(c3ccc(F)c(F)c3)CC2)CC1. The van der Waals surface area contributed by atoms with Crippen molar-refractivity contribution in [1.82, 2.24) is 0 Å². The highest BCUT2D eigenvalue weighted by molar-refractivity contribution is 5.66. The van der Waals surface area contributed by atoms with Crippen LogP contribution in [0, 0.1) is 29.4 Å². The average Bonchev–Trinajstić information content (AvgIpc) is 2.64. The van der Waals surface area contributed by atoms with Gasteiger partial charge in [0.25, 0.3) is 0 Å². The smallest absolute Gasteiger partial charge is 0.159 e. The minimum Gasteiger partial charge on any atom is -0.204 e. The van der Waals surface area contributed by atoms with Crippen molar-refractivity contribution >= 4 is 5.57 Å². The zero-order chi connectivity index (χ0) is 17.6. The van der Waals surface area contributed by atoms with Crippen molar-refractivity contribution in [3.63, 3.8) is 0 Å². The van der Waals surface area contributed by atoms with Gasteiger partial charge < -0.3 is 0 Å². The molecule has 2 aliphatic rings. The quantitative estimate of drug-likeness (QED) is 0.499. The summed E-state index contributed by atoms with van der Waals surface area (Å²) in [7, 11) is 0. The van der Waals surface area contributed by atoms with Crippen LogP contribution in [0.4, 0.5) is 8.78 Å². The maximum absolute atomic E-state index is 13.4. The molecule has 1 unspecified atom stereocenters. The third kappa shape index (κ3) is 5.15. The van der Waals surface area contributed by atoms with Gasteiger partial charge in [0.1, 0.15) is 0 Å². The third-order valence-electron chi connectivity index (χ3n) is 6.46. The van der Waals surface area contributed by atoms with Gasteiger partial charge in [0.05, 0.1) is 0 Å². The first-order valence-corrected chi connectivity index (χ1v) is 10.3. The molecule has 1 saturated carbocycles. The maximum atomic E-state index is 13.4. The van der Waals surface area contributed by atoms with Crippen LogP contribution < -0.4 is 0 Å². The number of hydrogen-bond acceptors (Lipinski definition) is 0. The topological polar surface area (TPSA) is 0 Å². The summed E-state index contributed by atoms with van der Waals surface area (Å²) in [4.78, 5) is 0. The van der Waals surface area contributed by atoms with Crippen molar-refractivity contribution in [1.29, 1.82) is 0 Å². The second-order valence-corrected chi connectivity index (χ2v) is 8.25. The van der Waals surface area contributed by atoms with E-state index in [-0.39, 0.29) is 0 Å². The van der Waals surface area contributed by atoms with E-state index in [1.807, 2.05) is 0 Å². The summed E-state index contributed by atoms with van der Waals surface area (Å²) in [5.74, 6) is 1.23. The minimum atomic E-state index is -0.758. The van der Waals surface area contributed by atoms with Crippen LogP contribution in [0.1, 0.15) is 83.1 Å². The molecule has 0 aliphatic heterocycles. The van der Waals surface area contributed by atoms with Crippen molar-refractivity contribution in [2.24, 2.45) is 17.8 Å². The van der Waals surface area contributed by atoms with E-state index in [0.29, 0.717) is 0 Å². The van der Waals surface area contributed by atoms with Gasteiger partial charge in [0, 0.05) is 0 Å². The molecule has 1 atom stereocenters. The summed E-state index contributed by atoms with van der Waals surface area (Å²) >= 11 is 0. The molecule has 0 aromatic heterocycles. The lowest BCUT2D eigenvalue weighted by atomic mass is 9.76. The van der Waals surface area contributed by atoms with Crippen molar-refractivity contribution < 1.29 is 8.78 Å². The molecule has 0 heterocycles. The maximum Gasteiger partial charge on any atom is 0.159 e. The van der Waals surface area contributed by atoms with Crippen molar-refractivity contribution in [3.8, 4) is 0 Å². The summed E-state index contributed by atoms with van der Waals surface area (Å²) < 4.78 is 26.5. The Hall–Kier alpha value is -1.18. The van der Waals surface area contributed by atoms with Gasteiger partial charge in [-0.15, -0.1) is 0 Å². The van der Waals surface area contributed by atoms with E-state index in [9.17, 15) is 8.78 Å². The normalized spacial score (nSPS) is 27.2. The molecule has 0 bridgehead atoms. The molecule has 1 fully saturated rings. The standard InChI is InChI=1S/C23H32F2/c1-2-3-17-4-6-18(7-5-17)8-9-19-10-12-20(13-11-19)21-14-15-22(24)23(25)16-21/h12,14-19H,2-11,13H2,1H3. The third-order valence-corrected chi connectivity index (χ3v) is 6.46.